The lowest BCUT2D eigenvalue weighted by atomic mass is 10.0. The highest BCUT2D eigenvalue weighted by atomic mass is 32.2. The molecule has 38 heavy (non-hydrogen) atoms. The molecule has 1 aliphatic rings. The molecule has 2 aromatic carbocycles. The van der Waals surface area contributed by atoms with Gasteiger partial charge in [-0.15, -0.1) is 0 Å². The first kappa shape index (κ1) is 28.2. The standard InChI is InChI=1S/C27H33N3O6S2/c1-4-21-8-6-7-15-30(21)38(33,34)22-12-9-19(10-13-22)25(31)28-27-29(16-17-35-3)23-14-11-20(18-24(23)37-27)26(32)36-5-2/h9-14,18,21H,4-8,15-17H2,1-3H3. The number of hydrogen-bond acceptors (Lipinski definition) is 7. The maximum Gasteiger partial charge on any atom is 0.338 e. The molecule has 0 N–H and O–H groups in total. The van der Waals surface area contributed by atoms with Crippen molar-refractivity contribution in [3.63, 3.8) is 0 Å². The number of carbonyl (C=O) groups is 2. The largest absolute Gasteiger partial charge is 0.462 e. The van der Waals surface area contributed by atoms with Gasteiger partial charge in [0.1, 0.15) is 0 Å². The predicted molar refractivity (Wildman–Crippen MR) is 146 cm³/mol. The lowest BCUT2D eigenvalue weighted by molar-refractivity contribution is 0.0526. The smallest absolute Gasteiger partial charge is 0.338 e. The average molecular weight is 560 g/mol. The van der Waals surface area contributed by atoms with Crippen molar-refractivity contribution >= 4 is 43.5 Å². The number of benzene rings is 2. The van der Waals surface area contributed by atoms with Crippen LogP contribution in [0.15, 0.2) is 52.4 Å². The summed E-state index contributed by atoms with van der Waals surface area (Å²) in [6.45, 7) is 5.43. The van der Waals surface area contributed by atoms with E-state index in [1.807, 2.05) is 11.5 Å². The number of thiazole rings is 1. The number of aromatic nitrogens is 1. The molecular weight excluding hydrogens is 526 g/mol. The molecule has 4 rings (SSSR count). The minimum Gasteiger partial charge on any atom is -0.462 e. The van der Waals surface area contributed by atoms with Gasteiger partial charge in [-0.3, -0.25) is 4.79 Å². The van der Waals surface area contributed by atoms with Crippen molar-refractivity contribution in [2.45, 2.75) is 57.0 Å². The predicted octanol–water partition coefficient (Wildman–Crippen LogP) is 4.22. The van der Waals surface area contributed by atoms with Crippen molar-refractivity contribution < 1.29 is 27.5 Å². The van der Waals surface area contributed by atoms with Gasteiger partial charge >= 0.3 is 5.97 Å². The van der Waals surface area contributed by atoms with Crippen LogP contribution in [-0.4, -0.2) is 62.1 Å². The molecule has 1 fully saturated rings. The van der Waals surface area contributed by atoms with Gasteiger partial charge in [0.05, 0.1) is 33.9 Å². The lowest BCUT2D eigenvalue weighted by Crippen LogP contribution is -2.43. The van der Waals surface area contributed by atoms with E-state index in [-0.39, 0.29) is 23.1 Å². The Kier molecular flexibility index (Phi) is 9.14. The average Bonchev–Trinajstić information content (AvgIpc) is 3.27. The normalized spacial score (nSPS) is 17.1. The van der Waals surface area contributed by atoms with Crippen LogP contribution >= 0.6 is 11.3 Å². The molecular formula is C27H33N3O6S2. The lowest BCUT2D eigenvalue weighted by Gasteiger charge is -2.34. The van der Waals surface area contributed by atoms with Gasteiger partial charge in [-0.1, -0.05) is 24.7 Å². The first-order valence-electron chi connectivity index (χ1n) is 12.8. The number of amides is 1. The van der Waals surface area contributed by atoms with E-state index in [4.69, 9.17) is 9.47 Å². The number of hydrogen-bond donors (Lipinski definition) is 0. The first-order valence-corrected chi connectivity index (χ1v) is 15.1. The van der Waals surface area contributed by atoms with Crippen molar-refractivity contribution in [3.05, 3.63) is 58.4 Å². The van der Waals surface area contributed by atoms with Crippen molar-refractivity contribution in [1.29, 1.82) is 0 Å². The highest BCUT2D eigenvalue weighted by Crippen LogP contribution is 2.27. The minimum absolute atomic E-state index is 0.00455. The monoisotopic (exact) mass is 559 g/mol. The van der Waals surface area contributed by atoms with Crippen molar-refractivity contribution in [1.82, 2.24) is 8.87 Å². The molecule has 11 heteroatoms. The Hall–Kier alpha value is -2.86. The highest BCUT2D eigenvalue weighted by Gasteiger charge is 2.32. The third-order valence-electron chi connectivity index (χ3n) is 6.66. The summed E-state index contributed by atoms with van der Waals surface area (Å²) < 4.78 is 41.1. The SMILES string of the molecule is CCOC(=O)c1ccc2c(c1)sc(=NC(=O)c1ccc(S(=O)(=O)N3CCCCC3CC)cc1)n2CCOC. The Morgan fingerprint density at radius 1 is 1.08 bits per heavy atom. The van der Waals surface area contributed by atoms with Crippen LogP contribution in [0.1, 0.15) is 60.2 Å². The third-order valence-corrected chi connectivity index (χ3v) is 9.67. The van der Waals surface area contributed by atoms with Gasteiger partial charge in [0.2, 0.25) is 10.0 Å². The van der Waals surface area contributed by atoms with Gasteiger partial charge in [0, 0.05) is 31.8 Å². The van der Waals surface area contributed by atoms with E-state index < -0.39 is 21.9 Å². The minimum atomic E-state index is -3.64. The number of esters is 1. The molecule has 0 saturated carbocycles. The van der Waals surface area contributed by atoms with Gasteiger partial charge in [-0.2, -0.15) is 9.30 Å². The Labute approximate surface area is 226 Å². The zero-order chi connectivity index (χ0) is 27.3. The fourth-order valence-corrected chi connectivity index (χ4v) is 7.51. The quantitative estimate of drug-likeness (QED) is 0.364. The molecule has 1 unspecified atom stereocenters. The summed E-state index contributed by atoms with van der Waals surface area (Å²) in [4.78, 5) is 30.3. The molecule has 1 amide bonds. The van der Waals surface area contributed by atoms with Gasteiger partial charge in [0.15, 0.2) is 4.80 Å². The molecule has 1 saturated heterocycles. The van der Waals surface area contributed by atoms with Gasteiger partial charge < -0.3 is 14.0 Å². The van der Waals surface area contributed by atoms with Gasteiger partial charge in [0.25, 0.3) is 5.91 Å². The molecule has 1 aliphatic heterocycles. The number of fused-ring (bicyclic) bond motifs is 1. The highest BCUT2D eigenvalue weighted by molar-refractivity contribution is 7.89. The molecule has 0 bridgehead atoms. The molecule has 3 aromatic rings. The second-order valence-electron chi connectivity index (χ2n) is 9.05. The van der Waals surface area contributed by atoms with E-state index in [1.54, 1.807) is 36.5 Å². The summed E-state index contributed by atoms with van der Waals surface area (Å²) in [6, 6.07) is 11.2. The first-order chi connectivity index (χ1) is 18.3. The third kappa shape index (κ3) is 5.90. The van der Waals surface area contributed by atoms with E-state index in [1.165, 1.54) is 35.6 Å². The molecule has 2 heterocycles. The zero-order valence-electron chi connectivity index (χ0n) is 21.9. The molecule has 0 spiro atoms. The van der Waals surface area contributed by atoms with E-state index in [0.717, 1.165) is 35.9 Å². The van der Waals surface area contributed by atoms with Gasteiger partial charge in [-0.25, -0.2) is 13.2 Å². The fourth-order valence-electron chi connectivity index (χ4n) is 4.65. The summed E-state index contributed by atoms with van der Waals surface area (Å²) in [5, 5.41) is 0. The zero-order valence-corrected chi connectivity index (χ0v) is 23.5. The number of carbonyl (C=O) groups excluding carboxylic acids is 2. The van der Waals surface area contributed by atoms with E-state index >= 15 is 0 Å². The second-order valence-corrected chi connectivity index (χ2v) is 11.9. The second kappa shape index (κ2) is 12.3. The van der Waals surface area contributed by atoms with Crippen LogP contribution in [0, 0.1) is 0 Å². The van der Waals surface area contributed by atoms with Crippen LogP contribution in [0.3, 0.4) is 0 Å². The molecule has 204 valence electrons. The van der Waals surface area contributed by atoms with Crippen LogP contribution in [-0.2, 0) is 26.0 Å². The summed E-state index contributed by atoms with van der Waals surface area (Å²) in [6.07, 6.45) is 3.52. The molecule has 1 atom stereocenters. The molecule has 9 nitrogen and oxygen atoms in total. The number of rotatable bonds is 9. The fraction of sp³-hybridized carbons (Fsp3) is 0.444. The number of ether oxygens (including phenoxy) is 2. The summed E-state index contributed by atoms with van der Waals surface area (Å²) in [7, 11) is -2.04. The molecule has 0 radical (unpaired) electrons. The van der Waals surface area contributed by atoms with Crippen LogP contribution < -0.4 is 4.80 Å². The number of sulfonamides is 1. The number of methoxy groups -OCH3 is 1. The summed E-state index contributed by atoms with van der Waals surface area (Å²) in [5.74, 6) is -0.896. The van der Waals surface area contributed by atoms with Crippen LogP contribution in [0.4, 0.5) is 0 Å². The number of piperidine rings is 1. The van der Waals surface area contributed by atoms with Gasteiger partial charge in [-0.05, 0) is 68.7 Å². The van der Waals surface area contributed by atoms with Crippen molar-refractivity contribution in [3.8, 4) is 0 Å². The van der Waals surface area contributed by atoms with E-state index in [9.17, 15) is 18.0 Å². The van der Waals surface area contributed by atoms with Crippen LogP contribution in [0.25, 0.3) is 10.2 Å². The summed E-state index contributed by atoms with van der Waals surface area (Å²) >= 11 is 1.29. The Balaban J connectivity index is 1.65. The van der Waals surface area contributed by atoms with E-state index in [2.05, 4.69) is 4.99 Å². The topological polar surface area (TPSA) is 107 Å². The number of nitrogens with zero attached hydrogens (tertiary/aromatic N) is 3. The van der Waals surface area contributed by atoms with Crippen LogP contribution in [0.5, 0.6) is 0 Å². The molecule has 0 aliphatic carbocycles. The van der Waals surface area contributed by atoms with E-state index in [0.29, 0.717) is 30.1 Å². The molecule has 1 aromatic heterocycles. The Bertz CT molecular complexity index is 1470. The van der Waals surface area contributed by atoms with Crippen molar-refractivity contribution in [2.24, 2.45) is 4.99 Å². The maximum atomic E-state index is 13.3. The maximum absolute atomic E-state index is 13.3. The van der Waals surface area contributed by atoms with Crippen molar-refractivity contribution in [2.75, 3.05) is 26.9 Å². The Morgan fingerprint density at radius 2 is 1.82 bits per heavy atom. The summed E-state index contributed by atoms with van der Waals surface area (Å²) in [5.41, 5.74) is 1.53. The Morgan fingerprint density at radius 3 is 2.50 bits per heavy atom. The van der Waals surface area contributed by atoms with Crippen LogP contribution in [0.2, 0.25) is 0 Å².